The van der Waals surface area contributed by atoms with Crippen LogP contribution in [0.5, 0.6) is 0 Å². The quantitative estimate of drug-likeness (QED) is 0.628. The first-order valence-electron chi connectivity index (χ1n) is 9.02. The molecular weight excluding hydrogens is 346 g/mol. The van der Waals surface area contributed by atoms with Gasteiger partial charge in [-0.2, -0.15) is 4.31 Å². The molecule has 3 rings (SSSR count). The first kappa shape index (κ1) is 18.6. The van der Waals surface area contributed by atoms with Crippen molar-refractivity contribution < 1.29 is 8.42 Å². The Morgan fingerprint density at radius 1 is 1.08 bits per heavy atom. The molecule has 138 valence electrons. The number of aromatic nitrogens is 2. The van der Waals surface area contributed by atoms with Crippen molar-refractivity contribution >= 4 is 15.7 Å². The average molecular weight is 372 g/mol. The monoisotopic (exact) mass is 371 g/mol. The third-order valence-corrected chi connectivity index (χ3v) is 6.29. The summed E-state index contributed by atoms with van der Waals surface area (Å²) >= 11 is 0. The van der Waals surface area contributed by atoms with Crippen LogP contribution in [0.25, 0.3) is 16.9 Å². The Kier molecular flexibility index (Phi) is 5.44. The van der Waals surface area contributed by atoms with Gasteiger partial charge < -0.3 is 4.40 Å². The van der Waals surface area contributed by atoms with Crippen LogP contribution in [0.2, 0.25) is 0 Å². The van der Waals surface area contributed by atoms with E-state index in [9.17, 15) is 8.42 Å². The number of fused-ring (bicyclic) bond motifs is 1. The molecule has 0 amide bonds. The van der Waals surface area contributed by atoms with E-state index in [1.54, 1.807) is 22.5 Å². The van der Waals surface area contributed by atoms with Crippen molar-refractivity contribution in [1.29, 1.82) is 0 Å². The van der Waals surface area contributed by atoms with Gasteiger partial charge in [0.1, 0.15) is 5.65 Å². The zero-order valence-electron chi connectivity index (χ0n) is 15.5. The molecule has 0 saturated heterocycles. The summed E-state index contributed by atoms with van der Waals surface area (Å²) in [5.41, 5.74) is 3.55. The number of benzene rings is 1. The second-order valence-corrected chi connectivity index (χ2v) is 8.42. The van der Waals surface area contributed by atoms with E-state index in [1.807, 2.05) is 55.8 Å². The van der Waals surface area contributed by atoms with Gasteiger partial charge in [-0.1, -0.05) is 32.0 Å². The average Bonchev–Trinajstić information content (AvgIpc) is 3.07. The Labute approximate surface area is 155 Å². The van der Waals surface area contributed by atoms with Crippen molar-refractivity contribution in [3.8, 4) is 11.3 Å². The van der Waals surface area contributed by atoms with Crippen LogP contribution in [0.1, 0.15) is 32.3 Å². The van der Waals surface area contributed by atoms with Gasteiger partial charge in [-0.25, -0.2) is 13.4 Å². The Balaban J connectivity index is 2.03. The number of imidazole rings is 1. The number of nitrogens with zero attached hydrogens (tertiary/aromatic N) is 3. The number of pyridine rings is 1. The highest BCUT2D eigenvalue weighted by atomic mass is 32.2. The van der Waals surface area contributed by atoms with Gasteiger partial charge in [0, 0.05) is 31.0 Å². The summed E-state index contributed by atoms with van der Waals surface area (Å²) in [6.45, 7) is 7.07. The number of rotatable bonds is 7. The summed E-state index contributed by atoms with van der Waals surface area (Å²) in [6.07, 6.45) is 5.48. The molecule has 1 aromatic carbocycles. The Morgan fingerprint density at radius 2 is 1.81 bits per heavy atom. The lowest BCUT2D eigenvalue weighted by Gasteiger charge is -2.21. The fourth-order valence-electron chi connectivity index (χ4n) is 3.11. The predicted octanol–water partition coefficient (Wildman–Crippen LogP) is 4.12. The number of aryl methyl sites for hydroxylation is 1. The SMILES string of the molecule is CCCN(CCC)S(=O)(=O)c1cccc(-c2cn3cccc(C)c3n2)c1. The minimum absolute atomic E-state index is 0.325. The standard InChI is InChI=1S/C20H25N3O2S/c1-4-11-23(12-5-2)26(24,25)18-10-6-9-17(14-18)19-15-22-13-7-8-16(3)20(22)21-19/h6-10,13-15H,4-5,11-12H2,1-3H3. The summed E-state index contributed by atoms with van der Waals surface area (Å²) in [5.74, 6) is 0. The van der Waals surface area contributed by atoms with E-state index < -0.39 is 10.0 Å². The van der Waals surface area contributed by atoms with Crippen LogP contribution in [0.4, 0.5) is 0 Å². The summed E-state index contributed by atoms with van der Waals surface area (Å²) in [5, 5.41) is 0. The third kappa shape index (κ3) is 3.52. The highest BCUT2D eigenvalue weighted by Crippen LogP contribution is 2.25. The van der Waals surface area contributed by atoms with Crippen molar-refractivity contribution in [1.82, 2.24) is 13.7 Å². The first-order chi connectivity index (χ1) is 12.5. The number of sulfonamides is 1. The molecular formula is C20H25N3O2S. The van der Waals surface area contributed by atoms with Crippen molar-refractivity contribution in [2.45, 2.75) is 38.5 Å². The smallest absolute Gasteiger partial charge is 0.243 e. The van der Waals surface area contributed by atoms with Crippen LogP contribution in [0.15, 0.2) is 53.7 Å². The van der Waals surface area contributed by atoms with Crippen LogP contribution < -0.4 is 0 Å². The molecule has 0 atom stereocenters. The summed E-state index contributed by atoms with van der Waals surface area (Å²) < 4.78 is 29.6. The summed E-state index contributed by atoms with van der Waals surface area (Å²) in [6, 6.07) is 11.1. The van der Waals surface area contributed by atoms with E-state index in [-0.39, 0.29) is 0 Å². The van der Waals surface area contributed by atoms with Crippen molar-refractivity contribution in [3.63, 3.8) is 0 Å². The summed E-state index contributed by atoms with van der Waals surface area (Å²) in [4.78, 5) is 5.00. The lowest BCUT2D eigenvalue weighted by molar-refractivity contribution is 0.410. The molecule has 0 aliphatic heterocycles. The third-order valence-electron chi connectivity index (χ3n) is 4.39. The predicted molar refractivity (Wildman–Crippen MR) is 105 cm³/mol. The Bertz CT molecular complexity index is 1000. The van der Waals surface area contributed by atoms with E-state index in [0.717, 1.165) is 35.3 Å². The van der Waals surface area contributed by atoms with Gasteiger partial charge in [0.2, 0.25) is 10.0 Å². The second kappa shape index (κ2) is 7.60. The van der Waals surface area contributed by atoms with E-state index in [2.05, 4.69) is 4.98 Å². The molecule has 2 aromatic heterocycles. The molecule has 0 unspecified atom stereocenters. The molecule has 0 bridgehead atoms. The maximum absolute atomic E-state index is 13.0. The zero-order chi connectivity index (χ0) is 18.7. The molecule has 6 heteroatoms. The molecule has 0 saturated carbocycles. The van der Waals surface area contributed by atoms with Gasteiger partial charge >= 0.3 is 0 Å². The molecule has 0 spiro atoms. The molecule has 0 aliphatic rings. The maximum Gasteiger partial charge on any atom is 0.243 e. The normalized spacial score (nSPS) is 12.2. The molecule has 0 fully saturated rings. The highest BCUT2D eigenvalue weighted by molar-refractivity contribution is 7.89. The fraction of sp³-hybridized carbons (Fsp3) is 0.350. The maximum atomic E-state index is 13.0. The molecule has 3 aromatic rings. The van der Waals surface area contributed by atoms with E-state index in [1.165, 1.54) is 0 Å². The van der Waals surface area contributed by atoms with Gasteiger partial charge in [0.05, 0.1) is 10.6 Å². The highest BCUT2D eigenvalue weighted by Gasteiger charge is 2.23. The second-order valence-electron chi connectivity index (χ2n) is 6.48. The molecule has 0 N–H and O–H groups in total. The van der Waals surface area contributed by atoms with E-state index in [0.29, 0.717) is 18.0 Å². The first-order valence-corrected chi connectivity index (χ1v) is 10.5. The van der Waals surface area contributed by atoms with Crippen LogP contribution in [-0.4, -0.2) is 35.2 Å². The molecule has 2 heterocycles. The lowest BCUT2D eigenvalue weighted by Crippen LogP contribution is -2.32. The molecule has 0 aliphatic carbocycles. The fourth-order valence-corrected chi connectivity index (χ4v) is 4.78. The van der Waals surface area contributed by atoms with Crippen molar-refractivity contribution in [3.05, 3.63) is 54.4 Å². The molecule has 0 radical (unpaired) electrons. The Hall–Kier alpha value is -2.18. The van der Waals surface area contributed by atoms with Gasteiger partial charge in [-0.05, 0) is 43.5 Å². The topological polar surface area (TPSA) is 54.7 Å². The van der Waals surface area contributed by atoms with Gasteiger partial charge in [-0.15, -0.1) is 0 Å². The van der Waals surface area contributed by atoms with Gasteiger partial charge in [0.15, 0.2) is 0 Å². The number of hydrogen-bond donors (Lipinski definition) is 0. The van der Waals surface area contributed by atoms with Crippen molar-refractivity contribution in [2.75, 3.05) is 13.1 Å². The van der Waals surface area contributed by atoms with Gasteiger partial charge in [-0.3, -0.25) is 0 Å². The minimum Gasteiger partial charge on any atom is -0.306 e. The van der Waals surface area contributed by atoms with Gasteiger partial charge in [0.25, 0.3) is 0 Å². The lowest BCUT2D eigenvalue weighted by atomic mass is 10.2. The van der Waals surface area contributed by atoms with E-state index in [4.69, 9.17) is 0 Å². The minimum atomic E-state index is -3.50. The summed E-state index contributed by atoms with van der Waals surface area (Å²) in [7, 11) is -3.50. The Morgan fingerprint density at radius 3 is 2.46 bits per heavy atom. The van der Waals surface area contributed by atoms with E-state index >= 15 is 0 Å². The molecule has 5 nitrogen and oxygen atoms in total. The number of hydrogen-bond acceptors (Lipinski definition) is 3. The van der Waals surface area contributed by atoms with Crippen LogP contribution in [-0.2, 0) is 10.0 Å². The molecule has 26 heavy (non-hydrogen) atoms. The van der Waals surface area contributed by atoms with Crippen LogP contribution >= 0.6 is 0 Å². The van der Waals surface area contributed by atoms with Crippen LogP contribution in [0, 0.1) is 6.92 Å². The van der Waals surface area contributed by atoms with Crippen LogP contribution in [0.3, 0.4) is 0 Å². The largest absolute Gasteiger partial charge is 0.306 e. The van der Waals surface area contributed by atoms with Crippen molar-refractivity contribution in [2.24, 2.45) is 0 Å². The zero-order valence-corrected chi connectivity index (χ0v) is 16.3.